The van der Waals surface area contributed by atoms with Crippen molar-refractivity contribution in [1.82, 2.24) is 0 Å². The van der Waals surface area contributed by atoms with Crippen LogP contribution in [-0.4, -0.2) is 6.10 Å². The summed E-state index contributed by atoms with van der Waals surface area (Å²) in [6, 6.07) is 9.63. The Morgan fingerprint density at radius 2 is 2.18 bits per heavy atom. The Hall–Kier alpha value is -1.49. The van der Waals surface area contributed by atoms with Crippen molar-refractivity contribution in [2.45, 2.75) is 45.1 Å². The van der Waals surface area contributed by atoms with Gasteiger partial charge >= 0.3 is 0 Å². The van der Waals surface area contributed by atoms with Gasteiger partial charge in [-0.15, -0.1) is 0 Å². The number of benzene rings is 1. The Kier molecular flexibility index (Phi) is 4.03. The van der Waals surface area contributed by atoms with Crippen molar-refractivity contribution >= 4 is 0 Å². The molecule has 17 heavy (non-hydrogen) atoms. The summed E-state index contributed by atoms with van der Waals surface area (Å²) in [5.74, 6) is 1.52. The van der Waals surface area contributed by atoms with E-state index in [9.17, 15) is 0 Å². The van der Waals surface area contributed by atoms with Crippen molar-refractivity contribution in [3.05, 3.63) is 29.8 Å². The van der Waals surface area contributed by atoms with Crippen molar-refractivity contribution in [2.24, 2.45) is 5.92 Å². The maximum atomic E-state index is 8.86. The molecule has 0 aliphatic heterocycles. The monoisotopic (exact) mass is 229 g/mol. The van der Waals surface area contributed by atoms with E-state index in [0.717, 1.165) is 12.2 Å². The summed E-state index contributed by atoms with van der Waals surface area (Å²) in [5, 5.41) is 8.86. The van der Waals surface area contributed by atoms with E-state index in [1.807, 2.05) is 24.3 Å². The van der Waals surface area contributed by atoms with Gasteiger partial charge in [-0.2, -0.15) is 5.26 Å². The largest absolute Gasteiger partial charge is 0.490 e. The number of hydrogen-bond acceptors (Lipinski definition) is 2. The van der Waals surface area contributed by atoms with Crippen LogP contribution in [0, 0.1) is 17.2 Å². The predicted molar refractivity (Wildman–Crippen MR) is 67.8 cm³/mol. The number of hydrogen-bond donors (Lipinski definition) is 0. The molecule has 2 heteroatoms. The van der Waals surface area contributed by atoms with Gasteiger partial charge in [0.15, 0.2) is 0 Å². The Balaban J connectivity index is 2.06. The van der Waals surface area contributed by atoms with Crippen LogP contribution in [0.2, 0.25) is 0 Å². The molecular weight excluding hydrogens is 210 g/mol. The van der Waals surface area contributed by atoms with Gasteiger partial charge in [0.25, 0.3) is 0 Å². The summed E-state index contributed by atoms with van der Waals surface area (Å²) < 4.78 is 6.05. The Labute approximate surface area is 103 Å². The van der Waals surface area contributed by atoms with E-state index in [0.29, 0.717) is 17.6 Å². The molecule has 1 aliphatic carbocycles. The fraction of sp³-hybridized carbons (Fsp3) is 0.533. The normalized spacial score (nSPS) is 24.0. The zero-order valence-corrected chi connectivity index (χ0v) is 10.4. The Morgan fingerprint density at radius 3 is 2.94 bits per heavy atom. The molecular formula is C15H19NO. The second kappa shape index (κ2) is 5.72. The second-order valence-corrected chi connectivity index (χ2v) is 4.75. The van der Waals surface area contributed by atoms with Gasteiger partial charge in [-0.05, 0) is 49.8 Å². The molecule has 2 atom stereocenters. The Morgan fingerprint density at radius 1 is 1.35 bits per heavy atom. The van der Waals surface area contributed by atoms with Gasteiger partial charge in [0.2, 0.25) is 0 Å². The van der Waals surface area contributed by atoms with Crippen molar-refractivity contribution < 1.29 is 4.74 Å². The average Bonchev–Trinajstić information content (AvgIpc) is 2.39. The maximum absolute atomic E-state index is 8.86. The van der Waals surface area contributed by atoms with E-state index in [1.165, 1.54) is 25.7 Å². The van der Waals surface area contributed by atoms with Crippen LogP contribution in [0.5, 0.6) is 5.75 Å². The lowest BCUT2D eigenvalue weighted by molar-refractivity contribution is 0.0904. The molecule has 0 aromatic heterocycles. The summed E-state index contributed by atoms with van der Waals surface area (Å²) >= 11 is 0. The average molecular weight is 229 g/mol. The molecule has 90 valence electrons. The van der Waals surface area contributed by atoms with Gasteiger partial charge in [0, 0.05) is 0 Å². The lowest BCUT2D eigenvalue weighted by Crippen LogP contribution is -2.29. The predicted octanol–water partition coefficient (Wildman–Crippen LogP) is 3.91. The number of nitrogens with zero attached hydrogens (tertiary/aromatic N) is 1. The SMILES string of the molecule is CCC1CCCCC1Oc1cccc(C#N)c1. The first-order chi connectivity index (χ1) is 8.33. The summed E-state index contributed by atoms with van der Waals surface area (Å²) in [6.07, 6.45) is 6.54. The molecule has 0 radical (unpaired) electrons. The summed E-state index contributed by atoms with van der Waals surface area (Å²) in [6.45, 7) is 2.23. The quantitative estimate of drug-likeness (QED) is 0.787. The van der Waals surface area contributed by atoms with Crippen LogP contribution in [-0.2, 0) is 0 Å². The minimum atomic E-state index is 0.336. The first-order valence-corrected chi connectivity index (χ1v) is 6.50. The molecule has 0 spiro atoms. The smallest absolute Gasteiger partial charge is 0.121 e. The third kappa shape index (κ3) is 3.00. The van der Waals surface area contributed by atoms with Crippen LogP contribution >= 0.6 is 0 Å². The lowest BCUT2D eigenvalue weighted by atomic mass is 9.85. The van der Waals surface area contributed by atoms with Gasteiger partial charge in [-0.1, -0.05) is 19.4 Å². The molecule has 2 rings (SSSR count). The summed E-state index contributed by atoms with van der Waals surface area (Å²) in [5.41, 5.74) is 0.673. The summed E-state index contributed by atoms with van der Waals surface area (Å²) in [4.78, 5) is 0. The lowest BCUT2D eigenvalue weighted by Gasteiger charge is -2.31. The molecule has 0 amide bonds. The van der Waals surface area contributed by atoms with E-state index >= 15 is 0 Å². The van der Waals surface area contributed by atoms with Crippen LogP contribution < -0.4 is 4.74 Å². The molecule has 0 heterocycles. The first-order valence-electron chi connectivity index (χ1n) is 6.50. The van der Waals surface area contributed by atoms with Crippen molar-refractivity contribution in [3.63, 3.8) is 0 Å². The molecule has 1 saturated carbocycles. The molecule has 1 aromatic carbocycles. The third-order valence-corrected chi connectivity index (χ3v) is 3.61. The highest BCUT2D eigenvalue weighted by atomic mass is 16.5. The van der Waals surface area contributed by atoms with E-state index < -0.39 is 0 Å². The maximum Gasteiger partial charge on any atom is 0.121 e. The molecule has 1 aliphatic rings. The van der Waals surface area contributed by atoms with Gasteiger partial charge in [-0.3, -0.25) is 0 Å². The van der Waals surface area contributed by atoms with Gasteiger partial charge in [-0.25, -0.2) is 0 Å². The van der Waals surface area contributed by atoms with Crippen molar-refractivity contribution in [1.29, 1.82) is 5.26 Å². The zero-order valence-electron chi connectivity index (χ0n) is 10.4. The number of nitriles is 1. The van der Waals surface area contributed by atoms with E-state index in [1.54, 1.807) is 0 Å². The van der Waals surface area contributed by atoms with Gasteiger partial charge in [0.1, 0.15) is 11.9 Å². The Bertz CT molecular complexity index is 408. The molecule has 0 saturated heterocycles. The van der Waals surface area contributed by atoms with E-state index in [2.05, 4.69) is 13.0 Å². The highest BCUT2D eigenvalue weighted by molar-refractivity contribution is 5.36. The minimum Gasteiger partial charge on any atom is -0.490 e. The van der Waals surface area contributed by atoms with Gasteiger partial charge in [0.05, 0.1) is 11.6 Å². The van der Waals surface area contributed by atoms with E-state index in [-0.39, 0.29) is 0 Å². The highest BCUT2D eigenvalue weighted by Crippen LogP contribution is 2.30. The van der Waals surface area contributed by atoms with E-state index in [4.69, 9.17) is 10.00 Å². The van der Waals surface area contributed by atoms with Crippen molar-refractivity contribution in [2.75, 3.05) is 0 Å². The molecule has 2 unspecified atom stereocenters. The van der Waals surface area contributed by atoms with Crippen LogP contribution in [0.3, 0.4) is 0 Å². The number of ether oxygens (including phenoxy) is 1. The molecule has 0 N–H and O–H groups in total. The second-order valence-electron chi connectivity index (χ2n) is 4.75. The van der Waals surface area contributed by atoms with Crippen molar-refractivity contribution in [3.8, 4) is 11.8 Å². The molecule has 0 bridgehead atoms. The van der Waals surface area contributed by atoms with Crippen LogP contribution in [0.1, 0.15) is 44.6 Å². The summed E-state index contributed by atoms with van der Waals surface area (Å²) in [7, 11) is 0. The minimum absolute atomic E-state index is 0.336. The zero-order chi connectivity index (χ0) is 12.1. The fourth-order valence-corrected chi connectivity index (χ4v) is 2.61. The third-order valence-electron chi connectivity index (χ3n) is 3.61. The molecule has 1 aromatic rings. The number of rotatable bonds is 3. The molecule has 1 fully saturated rings. The molecule has 2 nitrogen and oxygen atoms in total. The van der Waals surface area contributed by atoms with Crippen LogP contribution in [0.15, 0.2) is 24.3 Å². The first kappa shape index (κ1) is 12.0. The topological polar surface area (TPSA) is 33.0 Å². The highest BCUT2D eigenvalue weighted by Gasteiger charge is 2.25. The standard InChI is InChI=1S/C15H19NO/c1-2-13-7-3-4-9-15(13)17-14-8-5-6-12(10-14)11-16/h5-6,8,10,13,15H,2-4,7,9H2,1H3. The van der Waals surface area contributed by atoms with Crippen LogP contribution in [0.4, 0.5) is 0 Å². The van der Waals surface area contributed by atoms with Crippen LogP contribution in [0.25, 0.3) is 0 Å². The fourth-order valence-electron chi connectivity index (χ4n) is 2.61. The van der Waals surface area contributed by atoms with Gasteiger partial charge < -0.3 is 4.74 Å².